The first-order valence-electron chi connectivity index (χ1n) is 12.7. The van der Waals surface area contributed by atoms with E-state index >= 15 is 0 Å². The van der Waals surface area contributed by atoms with E-state index in [0.29, 0.717) is 43.1 Å². The number of aliphatic carboxylic acids is 1. The zero-order valence-corrected chi connectivity index (χ0v) is 21.8. The number of carboxylic acid groups (broad SMARTS) is 1. The van der Waals surface area contributed by atoms with Gasteiger partial charge in [-0.1, -0.05) is 43.4 Å². The number of esters is 1. The first-order valence-corrected chi connectivity index (χ1v) is 12.7. The Bertz CT molecular complexity index is 726. The maximum atomic E-state index is 12.2. The molecule has 4 N–H and O–H groups in total. The number of rotatable bonds is 16. The molecule has 0 saturated heterocycles. The van der Waals surface area contributed by atoms with E-state index in [9.17, 15) is 24.9 Å². The highest BCUT2D eigenvalue weighted by Crippen LogP contribution is 2.36. The van der Waals surface area contributed by atoms with Crippen LogP contribution in [0.2, 0.25) is 0 Å². The Labute approximate surface area is 210 Å². The average molecular weight is 497 g/mol. The second-order valence-electron chi connectivity index (χ2n) is 10.5. The zero-order chi connectivity index (χ0) is 26.4. The molecule has 200 valence electrons. The third-order valence-electron chi connectivity index (χ3n) is 6.03. The number of likely N-dealkylation sites (N-methyl/N-ethyl adjacent to an activating group) is 1. The van der Waals surface area contributed by atoms with Gasteiger partial charge in [0.05, 0.1) is 45.9 Å². The van der Waals surface area contributed by atoms with E-state index in [-0.39, 0.29) is 24.7 Å². The van der Waals surface area contributed by atoms with E-state index in [4.69, 9.17) is 9.84 Å². The summed E-state index contributed by atoms with van der Waals surface area (Å²) < 4.78 is 5.89. The van der Waals surface area contributed by atoms with Crippen molar-refractivity contribution in [1.82, 2.24) is 0 Å². The Morgan fingerprint density at radius 3 is 2.43 bits per heavy atom. The van der Waals surface area contributed by atoms with Crippen LogP contribution in [0.15, 0.2) is 36.5 Å². The highest BCUT2D eigenvalue weighted by Gasteiger charge is 2.39. The summed E-state index contributed by atoms with van der Waals surface area (Å²) in [5, 5.41) is 39.8. The van der Waals surface area contributed by atoms with Crippen molar-refractivity contribution in [1.29, 1.82) is 0 Å². The number of hydrogen-bond donors (Lipinski definition) is 4. The molecule has 0 heterocycles. The van der Waals surface area contributed by atoms with Crippen molar-refractivity contribution in [2.45, 2.75) is 82.7 Å². The molecule has 0 radical (unpaired) electrons. The number of unbranched alkanes of at least 4 members (excludes halogenated alkanes) is 1. The molecule has 8 heteroatoms. The predicted molar refractivity (Wildman–Crippen MR) is 135 cm³/mol. The Morgan fingerprint density at radius 1 is 1.09 bits per heavy atom. The molecule has 0 spiro atoms. The Morgan fingerprint density at radius 2 is 1.80 bits per heavy atom. The first kappa shape index (κ1) is 31.0. The topological polar surface area (TPSA) is 124 Å². The van der Waals surface area contributed by atoms with Crippen molar-refractivity contribution in [3.63, 3.8) is 0 Å². The molecule has 1 rings (SSSR count). The van der Waals surface area contributed by atoms with Crippen molar-refractivity contribution in [3.05, 3.63) is 36.5 Å². The van der Waals surface area contributed by atoms with Gasteiger partial charge in [0.1, 0.15) is 6.54 Å². The largest absolute Gasteiger partial charge is 0.481 e. The summed E-state index contributed by atoms with van der Waals surface area (Å²) in [6, 6.07) is 0. The SMILES string of the molecule is CC/C=C\CC(O)/C=C/C1C(O)CC(O)C1C/C=C/CCCC(=O)OC(CC(=O)O)C[N+](C)(C)C. The van der Waals surface area contributed by atoms with E-state index in [1.807, 2.05) is 58.4 Å². The van der Waals surface area contributed by atoms with Crippen LogP contribution < -0.4 is 0 Å². The molecule has 1 saturated carbocycles. The summed E-state index contributed by atoms with van der Waals surface area (Å²) in [6.45, 7) is 2.46. The van der Waals surface area contributed by atoms with Gasteiger partial charge in [0.15, 0.2) is 6.10 Å². The smallest absolute Gasteiger partial charge is 0.307 e. The standard InChI is InChI=1S/C27H45NO7/c1-5-6-9-12-20(29)15-16-23-22(24(30)18-25(23)31)13-10-7-8-11-14-27(34)35-21(17-26(32)33)19-28(2,3)4/h6-7,9-10,15-16,20-25,29-31H,5,8,11-14,17-19H2,1-4H3/p+1/b9-6-,10-7+,16-15+. The van der Waals surface area contributed by atoms with Crippen LogP contribution in [0.5, 0.6) is 0 Å². The highest BCUT2D eigenvalue weighted by molar-refractivity contribution is 5.71. The number of quaternary nitrogens is 1. The van der Waals surface area contributed by atoms with Gasteiger partial charge in [-0.2, -0.15) is 0 Å². The van der Waals surface area contributed by atoms with Crippen molar-refractivity contribution in [3.8, 4) is 0 Å². The lowest BCUT2D eigenvalue weighted by atomic mass is 9.89. The van der Waals surface area contributed by atoms with Crippen LogP contribution in [-0.4, -0.2) is 89.0 Å². The van der Waals surface area contributed by atoms with Gasteiger partial charge in [0.25, 0.3) is 0 Å². The molecule has 0 bridgehead atoms. The van der Waals surface area contributed by atoms with Crippen LogP contribution >= 0.6 is 0 Å². The number of ether oxygens (including phenoxy) is 1. The minimum atomic E-state index is -0.991. The first-order chi connectivity index (χ1) is 16.4. The van der Waals surface area contributed by atoms with Crippen LogP contribution in [0.4, 0.5) is 0 Å². The van der Waals surface area contributed by atoms with E-state index in [1.54, 1.807) is 6.08 Å². The molecule has 0 aliphatic heterocycles. The number of nitrogens with zero attached hydrogens (tertiary/aromatic N) is 1. The molecule has 1 fully saturated rings. The van der Waals surface area contributed by atoms with Crippen molar-refractivity contribution in [2.75, 3.05) is 27.7 Å². The van der Waals surface area contributed by atoms with Crippen LogP contribution in [-0.2, 0) is 14.3 Å². The van der Waals surface area contributed by atoms with Crippen LogP contribution in [0.25, 0.3) is 0 Å². The normalized spacial score (nSPS) is 25.0. The molecule has 0 aromatic carbocycles. The van der Waals surface area contributed by atoms with Gasteiger partial charge in [-0.05, 0) is 38.0 Å². The molecule has 1 aliphatic carbocycles. The molecule has 8 nitrogen and oxygen atoms in total. The number of carboxylic acids is 1. The van der Waals surface area contributed by atoms with Crippen LogP contribution in [0.3, 0.4) is 0 Å². The van der Waals surface area contributed by atoms with E-state index in [2.05, 4.69) is 0 Å². The third kappa shape index (κ3) is 13.6. The Kier molecular flexibility index (Phi) is 14.1. The Balaban J connectivity index is 2.47. The number of carbonyl (C=O) groups is 2. The second-order valence-corrected chi connectivity index (χ2v) is 10.5. The maximum Gasteiger partial charge on any atom is 0.307 e. The van der Waals surface area contributed by atoms with Gasteiger partial charge >= 0.3 is 11.9 Å². The summed E-state index contributed by atoms with van der Waals surface area (Å²) in [7, 11) is 5.75. The second kappa shape index (κ2) is 15.9. The summed E-state index contributed by atoms with van der Waals surface area (Å²) in [4.78, 5) is 23.2. The average Bonchev–Trinajstić information content (AvgIpc) is 2.99. The number of allylic oxidation sites excluding steroid dienone is 3. The zero-order valence-electron chi connectivity index (χ0n) is 21.8. The van der Waals surface area contributed by atoms with Gasteiger partial charge in [0, 0.05) is 18.8 Å². The summed E-state index contributed by atoms with van der Waals surface area (Å²) >= 11 is 0. The molecule has 35 heavy (non-hydrogen) atoms. The summed E-state index contributed by atoms with van der Waals surface area (Å²) in [6.07, 6.45) is 12.4. The van der Waals surface area contributed by atoms with E-state index in [1.165, 1.54) is 0 Å². The molecule has 0 aromatic heterocycles. The maximum absolute atomic E-state index is 12.2. The fourth-order valence-electron chi connectivity index (χ4n) is 4.37. The predicted octanol–water partition coefficient (Wildman–Crippen LogP) is 2.83. The molecule has 6 unspecified atom stereocenters. The number of aliphatic hydroxyl groups is 3. The molecular weight excluding hydrogens is 450 g/mol. The van der Waals surface area contributed by atoms with Gasteiger partial charge in [-0.25, -0.2) is 0 Å². The van der Waals surface area contributed by atoms with Gasteiger partial charge in [-0.15, -0.1) is 0 Å². The van der Waals surface area contributed by atoms with E-state index < -0.39 is 36.4 Å². The Hall–Kier alpha value is -2.00. The fourth-order valence-corrected chi connectivity index (χ4v) is 4.37. The number of aliphatic hydroxyl groups excluding tert-OH is 3. The van der Waals surface area contributed by atoms with E-state index in [0.717, 1.165) is 6.42 Å². The van der Waals surface area contributed by atoms with Gasteiger partial charge < -0.3 is 29.6 Å². The number of hydrogen-bond acceptors (Lipinski definition) is 6. The minimum absolute atomic E-state index is 0.131. The molecule has 1 aliphatic rings. The lowest BCUT2D eigenvalue weighted by Crippen LogP contribution is -2.43. The lowest BCUT2D eigenvalue weighted by Gasteiger charge is -2.28. The number of carbonyl (C=O) groups excluding carboxylic acids is 1. The fraction of sp³-hybridized carbons (Fsp3) is 0.704. The molecule has 0 amide bonds. The molecule has 6 atom stereocenters. The summed E-state index contributed by atoms with van der Waals surface area (Å²) in [5.41, 5.74) is 0. The minimum Gasteiger partial charge on any atom is -0.481 e. The summed E-state index contributed by atoms with van der Waals surface area (Å²) in [5.74, 6) is -1.74. The van der Waals surface area contributed by atoms with Crippen molar-refractivity contribution >= 4 is 11.9 Å². The molecular formula is C27H46NO7+. The molecule has 0 aromatic rings. The quantitative estimate of drug-likeness (QED) is 0.112. The highest BCUT2D eigenvalue weighted by atomic mass is 16.5. The monoisotopic (exact) mass is 496 g/mol. The lowest BCUT2D eigenvalue weighted by molar-refractivity contribution is -0.873. The van der Waals surface area contributed by atoms with Crippen LogP contribution in [0, 0.1) is 11.8 Å². The van der Waals surface area contributed by atoms with Gasteiger partial charge in [-0.3, -0.25) is 9.59 Å². The van der Waals surface area contributed by atoms with Crippen molar-refractivity contribution < 1.29 is 39.2 Å². The van der Waals surface area contributed by atoms with Gasteiger partial charge in [0.2, 0.25) is 0 Å². The third-order valence-corrected chi connectivity index (χ3v) is 6.03. The van der Waals surface area contributed by atoms with Crippen molar-refractivity contribution in [2.24, 2.45) is 11.8 Å². The van der Waals surface area contributed by atoms with Crippen LogP contribution in [0.1, 0.15) is 58.3 Å².